The summed E-state index contributed by atoms with van der Waals surface area (Å²) in [7, 11) is 2.12. The summed E-state index contributed by atoms with van der Waals surface area (Å²) in [5.41, 5.74) is 2.98. The lowest BCUT2D eigenvalue weighted by atomic mass is 10.1. The van der Waals surface area contributed by atoms with Crippen molar-refractivity contribution in [2.75, 3.05) is 43.4 Å². The van der Waals surface area contributed by atoms with Crippen LogP contribution in [0.1, 0.15) is 34.4 Å². The highest BCUT2D eigenvalue weighted by atomic mass is 32.2. The Kier molecular flexibility index (Phi) is 7.20. The smallest absolute Gasteiger partial charge is 0.258 e. The average molecular weight is 464 g/mol. The maximum Gasteiger partial charge on any atom is 0.258 e. The molecule has 0 saturated carbocycles. The van der Waals surface area contributed by atoms with Crippen LogP contribution in [0.2, 0.25) is 0 Å². The third-order valence-electron chi connectivity index (χ3n) is 5.51. The van der Waals surface area contributed by atoms with E-state index < -0.39 is 0 Å². The van der Waals surface area contributed by atoms with Gasteiger partial charge < -0.3 is 15.1 Å². The molecule has 1 saturated heterocycles. The number of para-hydroxylation sites is 1. The van der Waals surface area contributed by atoms with E-state index in [0.717, 1.165) is 48.9 Å². The zero-order chi connectivity index (χ0) is 23.4. The van der Waals surface area contributed by atoms with E-state index in [0.29, 0.717) is 28.1 Å². The number of amides is 1. The number of aromatic nitrogens is 4. The van der Waals surface area contributed by atoms with Gasteiger partial charge in [-0.2, -0.15) is 9.97 Å². The first kappa shape index (κ1) is 23.1. The molecule has 3 heterocycles. The largest absolute Gasteiger partial charge is 0.338 e. The summed E-state index contributed by atoms with van der Waals surface area (Å²) < 4.78 is 0. The van der Waals surface area contributed by atoms with Crippen LogP contribution in [0.4, 0.5) is 11.6 Å². The Labute approximate surface area is 198 Å². The number of hydrogen-bond donors (Lipinski definition) is 1. The summed E-state index contributed by atoms with van der Waals surface area (Å²) in [5, 5.41) is 4.13. The van der Waals surface area contributed by atoms with E-state index in [4.69, 9.17) is 4.98 Å². The predicted molar refractivity (Wildman–Crippen MR) is 131 cm³/mol. The summed E-state index contributed by atoms with van der Waals surface area (Å²) in [6.45, 7) is 9.58. The molecule has 4 rings (SSSR count). The zero-order valence-corrected chi connectivity index (χ0v) is 20.3. The SMILES string of the molecule is CCc1nc(Sc2nc(C)cc(C)c2C(=O)Nc2ccccc2)nc(N2CCN(C)CC2)n1. The van der Waals surface area contributed by atoms with Crippen LogP contribution >= 0.6 is 11.8 Å². The van der Waals surface area contributed by atoms with Crippen molar-refractivity contribution in [1.29, 1.82) is 0 Å². The van der Waals surface area contributed by atoms with Crippen LogP contribution in [0.15, 0.2) is 46.6 Å². The lowest BCUT2D eigenvalue weighted by Gasteiger charge is -2.32. The molecule has 33 heavy (non-hydrogen) atoms. The van der Waals surface area contributed by atoms with E-state index in [1.54, 1.807) is 0 Å². The molecule has 1 N–H and O–H groups in total. The first-order valence-electron chi connectivity index (χ1n) is 11.1. The second-order valence-electron chi connectivity index (χ2n) is 8.16. The van der Waals surface area contributed by atoms with Gasteiger partial charge in [0.15, 0.2) is 5.16 Å². The molecular weight excluding hydrogens is 434 g/mol. The van der Waals surface area contributed by atoms with Gasteiger partial charge in [-0.1, -0.05) is 25.1 Å². The lowest BCUT2D eigenvalue weighted by molar-refractivity contribution is 0.102. The number of pyridine rings is 1. The summed E-state index contributed by atoms with van der Waals surface area (Å²) in [5.74, 6) is 1.23. The molecule has 8 nitrogen and oxygen atoms in total. The number of carbonyl (C=O) groups excluding carboxylic acids is 1. The van der Waals surface area contributed by atoms with Crippen molar-refractivity contribution < 1.29 is 4.79 Å². The number of benzene rings is 1. The Balaban J connectivity index is 1.66. The fourth-order valence-electron chi connectivity index (χ4n) is 3.69. The molecule has 1 fully saturated rings. The maximum absolute atomic E-state index is 13.2. The van der Waals surface area contributed by atoms with Gasteiger partial charge in [0.05, 0.1) is 5.56 Å². The number of piperazine rings is 1. The zero-order valence-electron chi connectivity index (χ0n) is 19.5. The van der Waals surface area contributed by atoms with Gasteiger partial charge in [0.1, 0.15) is 10.9 Å². The first-order valence-corrected chi connectivity index (χ1v) is 12.0. The number of carbonyl (C=O) groups is 1. The van der Waals surface area contributed by atoms with Crippen molar-refractivity contribution in [3.63, 3.8) is 0 Å². The van der Waals surface area contributed by atoms with Crippen molar-refractivity contribution in [2.45, 2.75) is 37.4 Å². The predicted octanol–water partition coefficient (Wildman–Crippen LogP) is 3.60. The Morgan fingerprint density at radius 3 is 2.45 bits per heavy atom. The number of hydrogen-bond acceptors (Lipinski definition) is 8. The fourth-order valence-corrected chi connectivity index (χ4v) is 4.69. The lowest BCUT2D eigenvalue weighted by Crippen LogP contribution is -2.45. The molecule has 3 aromatic rings. The van der Waals surface area contributed by atoms with Crippen LogP contribution in [0.25, 0.3) is 0 Å². The van der Waals surface area contributed by atoms with Gasteiger partial charge in [-0.15, -0.1) is 0 Å². The molecule has 0 atom stereocenters. The topological polar surface area (TPSA) is 87.1 Å². The molecule has 9 heteroatoms. The van der Waals surface area contributed by atoms with Gasteiger partial charge in [0, 0.05) is 44.0 Å². The third kappa shape index (κ3) is 5.66. The summed E-state index contributed by atoms with van der Waals surface area (Å²) in [6.07, 6.45) is 0.707. The second-order valence-corrected chi connectivity index (χ2v) is 9.12. The monoisotopic (exact) mass is 463 g/mol. The molecule has 2 aromatic heterocycles. The average Bonchev–Trinajstić information content (AvgIpc) is 2.79. The van der Waals surface area contributed by atoms with E-state index in [1.165, 1.54) is 11.8 Å². The Bertz CT molecular complexity index is 1130. The molecule has 1 aromatic carbocycles. The molecule has 172 valence electrons. The number of nitrogens with zero attached hydrogens (tertiary/aromatic N) is 6. The normalized spacial score (nSPS) is 14.4. The van der Waals surface area contributed by atoms with Crippen LogP contribution in [-0.4, -0.2) is 64.0 Å². The highest BCUT2D eigenvalue weighted by Crippen LogP contribution is 2.30. The van der Waals surface area contributed by atoms with Crippen LogP contribution in [0.3, 0.4) is 0 Å². The van der Waals surface area contributed by atoms with Crippen molar-refractivity contribution in [3.8, 4) is 0 Å². The van der Waals surface area contributed by atoms with Gasteiger partial charge in [0.2, 0.25) is 5.95 Å². The Hall–Kier alpha value is -3.04. The minimum atomic E-state index is -0.197. The van der Waals surface area contributed by atoms with Crippen LogP contribution in [0, 0.1) is 13.8 Å². The highest BCUT2D eigenvalue weighted by Gasteiger charge is 2.22. The van der Waals surface area contributed by atoms with E-state index in [1.807, 2.05) is 57.2 Å². The molecule has 1 amide bonds. The van der Waals surface area contributed by atoms with E-state index in [2.05, 4.69) is 37.1 Å². The second kappa shape index (κ2) is 10.3. The summed E-state index contributed by atoms with van der Waals surface area (Å²) >= 11 is 1.32. The molecular formula is C24H29N7OS. The molecule has 0 radical (unpaired) electrons. The minimum absolute atomic E-state index is 0.197. The van der Waals surface area contributed by atoms with Gasteiger partial charge in [0.25, 0.3) is 5.91 Å². The van der Waals surface area contributed by atoms with Crippen LogP contribution in [0.5, 0.6) is 0 Å². The van der Waals surface area contributed by atoms with Crippen molar-refractivity contribution in [2.24, 2.45) is 0 Å². The van der Waals surface area contributed by atoms with Crippen LogP contribution in [-0.2, 0) is 6.42 Å². The molecule has 0 spiro atoms. The third-order valence-corrected chi connectivity index (χ3v) is 6.36. The Morgan fingerprint density at radius 1 is 1.03 bits per heavy atom. The van der Waals surface area contributed by atoms with Crippen molar-refractivity contribution in [3.05, 3.63) is 59.0 Å². The van der Waals surface area contributed by atoms with E-state index in [9.17, 15) is 4.79 Å². The minimum Gasteiger partial charge on any atom is -0.338 e. The number of nitrogens with one attached hydrogen (secondary N) is 1. The summed E-state index contributed by atoms with van der Waals surface area (Å²) in [6, 6.07) is 11.3. The molecule has 0 aliphatic carbocycles. The molecule has 1 aliphatic rings. The molecule has 0 unspecified atom stereocenters. The standard InChI is InChI=1S/C24H29N7OS/c1-5-19-27-23(31-13-11-30(4)12-14-31)29-24(28-19)33-22-20(16(2)15-17(3)25-22)21(32)26-18-9-7-6-8-10-18/h6-10,15H,5,11-14H2,1-4H3,(H,26,32). The van der Waals surface area contributed by atoms with Crippen molar-refractivity contribution in [1.82, 2.24) is 24.8 Å². The highest BCUT2D eigenvalue weighted by molar-refractivity contribution is 7.99. The van der Waals surface area contributed by atoms with Gasteiger partial charge in [-0.25, -0.2) is 9.97 Å². The van der Waals surface area contributed by atoms with Gasteiger partial charge in [-0.3, -0.25) is 4.79 Å². The number of likely N-dealkylation sites (N-methyl/N-ethyl adjacent to an activating group) is 1. The van der Waals surface area contributed by atoms with E-state index in [-0.39, 0.29) is 5.91 Å². The summed E-state index contributed by atoms with van der Waals surface area (Å²) in [4.78, 5) is 36.4. The van der Waals surface area contributed by atoms with Gasteiger partial charge >= 0.3 is 0 Å². The van der Waals surface area contributed by atoms with Gasteiger partial charge in [-0.05, 0) is 56.4 Å². The number of rotatable bonds is 6. The molecule has 1 aliphatic heterocycles. The van der Waals surface area contributed by atoms with Crippen molar-refractivity contribution >= 4 is 29.3 Å². The molecule has 0 bridgehead atoms. The fraction of sp³-hybridized carbons (Fsp3) is 0.375. The maximum atomic E-state index is 13.2. The van der Waals surface area contributed by atoms with E-state index >= 15 is 0 Å². The van der Waals surface area contributed by atoms with Crippen LogP contribution < -0.4 is 10.2 Å². The number of anilines is 2. The Morgan fingerprint density at radius 2 is 1.76 bits per heavy atom. The first-order chi connectivity index (χ1) is 15.9. The number of aryl methyl sites for hydroxylation is 3. The quantitative estimate of drug-likeness (QED) is 0.593.